The Kier molecular flexibility index (Phi) is 7.29. The number of nitrogens with zero attached hydrogens (tertiary/aromatic N) is 1. The normalized spacial score (nSPS) is 11.8. The third kappa shape index (κ3) is 5.18. The van der Waals surface area contributed by atoms with Gasteiger partial charge in [0.25, 0.3) is 0 Å². The average Bonchev–Trinajstić information content (AvgIpc) is 3.59. The molecule has 1 heteroatoms. The Morgan fingerprint density at radius 1 is 0.308 bits per heavy atom. The molecule has 0 atom stereocenters. The molecule has 0 amide bonds. The Bertz CT molecular complexity index is 2740. The van der Waals surface area contributed by atoms with Crippen molar-refractivity contribution < 1.29 is 0 Å². The number of fused-ring (bicyclic) bond motifs is 5. The minimum atomic E-state index is 0.954. The van der Waals surface area contributed by atoms with Crippen LogP contribution in [0.3, 0.4) is 0 Å². The van der Waals surface area contributed by atoms with Gasteiger partial charge in [-0.3, -0.25) is 0 Å². The summed E-state index contributed by atoms with van der Waals surface area (Å²) < 4.78 is 0. The Balaban J connectivity index is 1.10. The van der Waals surface area contributed by atoms with Crippen molar-refractivity contribution in [3.8, 4) is 44.5 Å². The molecule has 0 fully saturated rings. The van der Waals surface area contributed by atoms with Gasteiger partial charge < -0.3 is 4.90 Å². The fourth-order valence-electron chi connectivity index (χ4n) is 8.20. The molecule has 0 saturated heterocycles. The summed E-state index contributed by atoms with van der Waals surface area (Å²) in [5, 5.41) is 5.03. The van der Waals surface area contributed by atoms with Crippen molar-refractivity contribution in [1.82, 2.24) is 0 Å². The fraction of sp³-hybridized carbons (Fsp3) is 0.0196. The molecular formula is C51H35N. The number of hydrogen-bond donors (Lipinski definition) is 0. The predicted molar refractivity (Wildman–Crippen MR) is 221 cm³/mol. The van der Waals surface area contributed by atoms with Gasteiger partial charge in [0.15, 0.2) is 0 Å². The lowest BCUT2D eigenvalue weighted by atomic mass is 9.89. The van der Waals surface area contributed by atoms with Crippen LogP contribution in [0.15, 0.2) is 200 Å². The van der Waals surface area contributed by atoms with Crippen molar-refractivity contribution in [1.29, 1.82) is 0 Å². The standard InChI is InChI=1S/C51H35N/c1-2-11-36(12-3-1)50-31-25-37-14-5-9-19-49(37)51(50)39-23-28-43(29-24-39)52(44-30-32-48-41(34-44)33-40-15-6-8-18-47(40)48)42-26-21-38(22-27-42)46-20-10-16-35-13-4-7-17-45(35)46/h1-32,34H,33H2. The molecule has 0 aromatic heterocycles. The minimum absolute atomic E-state index is 0.954. The smallest absolute Gasteiger partial charge is 0.0464 e. The zero-order valence-electron chi connectivity index (χ0n) is 28.7. The molecule has 0 radical (unpaired) electrons. The van der Waals surface area contributed by atoms with Gasteiger partial charge in [-0.15, -0.1) is 0 Å². The molecule has 0 aliphatic heterocycles. The van der Waals surface area contributed by atoms with Crippen molar-refractivity contribution in [2.45, 2.75) is 6.42 Å². The van der Waals surface area contributed by atoms with Gasteiger partial charge in [-0.25, -0.2) is 0 Å². The van der Waals surface area contributed by atoms with Crippen molar-refractivity contribution in [3.05, 3.63) is 211 Å². The van der Waals surface area contributed by atoms with Gasteiger partial charge in [0.05, 0.1) is 0 Å². The van der Waals surface area contributed by atoms with Crippen LogP contribution in [0.2, 0.25) is 0 Å². The van der Waals surface area contributed by atoms with E-state index < -0.39 is 0 Å². The van der Waals surface area contributed by atoms with Crippen LogP contribution in [0.25, 0.3) is 66.1 Å². The van der Waals surface area contributed by atoms with Gasteiger partial charge in [0, 0.05) is 17.1 Å². The van der Waals surface area contributed by atoms with Crippen LogP contribution < -0.4 is 4.90 Å². The van der Waals surface area contributed by atoms with E-state index in [-0.39, 0.29) is 0 Å². The van der Waals surface area contributed by atoms with Crippen molar-refractivity contribution in [2.75, 3.05) is 4.90 Å². The van der Waals surface area contributed by atoms with Crippen LogP contribution in [0.1, 0.15) is 11.1 Å². The van der Waals surface area contributed by atoms with Crippen LogP contribution in [0, 0.1) is 0 Å². The lowest BCUT2D eigenvalue weighted by Crippen LogP contribution is -2.10. The highest BCUT2D eigenvalue weighted by Gasteiger charge is 2.21. The number of hydrogen-bond acceptors (Lipinski definition) is 1. The second-order valence-electron chi connectivity index (χ2n) is 13.7. The summed E-state index contributed by atoms with van der Waals surface area (Å²) in [6.45, 7) is 0. The van der Waals surface area contributed by atoms with E-state index in [2.05, 4.69) is 205 Å². The molecule has 9 aromatic rings. The molecule has 0 heterocycles. The van der Waals surface area contributed by atoms with E-state index in [1.54, 1.807) is 0 Å². The molecule has 0 saturated carbocycles. The summed E-state index contributed by atoms with van der Waals surface area (Å²) in [4.78, 5) is 2.40. The van der Waals surface area contributed by atoms with Crippen LogP contribution >= 0.6 is 0 Å². The largest absolute Gasteiger partial charge is 0.310 e. The van der Waals surface area contributed by atoms with E-state index in [0.717, 1.165) is 23.5 Å². The highest BCUT2D eigenvalue weighted by Crippen LogP contribution is 2.44. The molecule has 52 heavy (non-hydrogen) atoms. The summed E-state index contributed by atoms with van der Waals surface area (Å²) in [7, 11) is 0. The highest BCUT2D eigenvalue weighted by molar-refractivity contribution is 6.04. The molecule has 1 nitrogen and oxygen atoms in total. The molecule has 1 aliphatic carbocycles. The first-order valence-electron chi connectivity index (χ1n) is 18.1. The van der Waals surface area contributed by atoms with Crippen molar-refractivity contribution in [2.24, 2.45) is 0 Å². The zero-order chi connectivity index (χ0) is 34.4. The maximum absolute atomic E-state index is 2.40. The van der Waals surface area contributed by atoms with Crippen molar-refractivity contribution >= 4 is 38.6 Å². The highest BCUT2D eigenvalue weighted by atomic mass is 15.1. The van der Waals surface area contributed by atoms with Gasteiger partial charge in [-0.05, 0) is 120 Å². The van der Waals surface area contributed by atoms with E-state index in [1.807, 2.05) is 0 Å². The Labute approximate surface area is 304 Å². The third-order valence-electron chi connectivity index (χ3n) is 10.7. The van der Waals surface area contributed by atoms with E-state index in [9.17, 15) is 0 Å². The molecule has 10 rings (SSSR count). The second-order valence-corrected chi connectivity index (χ2v) is 13.7. The van der Waals surface area contributed by atoms with Gasteiger partial charge in [0.1, 0.15) is 0 Å². The first-order valence-corrected chi connectivity index (χ1v) is 18.1. The van der Waals surface area contributed by atoms with E-state index >= 15 is 0 Å². The summed E-state index contributed by atoms with van der Waals surface area (Å²) in [5.74, 6) is 0. The van der Waals surface area contributed by atoms with Crippen LogP contribution in [0.4, 0.5) is 17.1 Å². The minimum Gasteiger partial charge on any atom is -0.310 e. The lowest BCUT2D eigenvalue weighted by molar-refractivity contribution is 1.23. The van der Waals surface area contributed by atoms with Crippen LogP contribution in [-0.2, 0) is 6.42 Å². The summed E-state index contributed by atoms with van der Waals surface area (Å²) in [6.07, 6.45) is 0.954. The SMILES string of the molecule is c1ccc(-c2ccc3ccccc3c2-c2ccc(N(c3ccc(-c4cccc5ccccc45)cc3)c3ccc4c(c3)Cc3ccccc3-4)cc2)cc1. The lowest BCUT2D eigenvalue weighted by Gasteiger charge is -2.27. The van der Waals surface area contributed by atoms with Crippen LogP contribution in [0.5, 0.6) is 0 Å². The van der Waals surface area contributed by atoms with E-state index in [1.165, 1.54) is 77.2 Å². The van der Waals surface area contributed by atoms with Gasteiger partial charge in [-0.1, -0.05) is 164 Å². The predicted octanol–water partition coefficient (Wildman–Crippen LogP) is 14.0. The number of rotatable bonds is 6. The van der Waals surface area contributed by atoms with Gasteiger partial charge >= 0.3 is 0 Å². The number of anilines is 3. The molecule has 0 unspecified atom stereocenters. The molecule has 0 N–H and O–H groups in total. The molecule has 0 bridgehead atoms. The molecule has 0 spiro atoms. The van der Waals surface area contributed by atoms with E-state index in [0.29, 0.717) is 0 Å². The molecule has 244 valence electrons. The van der Waals surface area contributed by atoms with Crippen molar-refractivity contribution in [3.63, 3.8) is 0 Å². The first kappa shape index (κ1) is 30.2. The Hall–Kier alpha value is -6.70. The topological polar surface area (TPSA) is 3.24 Å². The van der Waals surface area contributed by atoms with Gasteiger partial charge in [0.2, 0.25) is 0 Å². The average molecular weight is 662 g/mol. The summed E-state index contributed by atoms with van der Waals surface area (Å²) in [6, 6.07) is 73.2. The zero-order valence-corrected chi connectivity index (χ0v) is 28.7. The molecule has 9 aromatic carbocycles. The second kappa shape index (κ2) is 12.6. The monoisotopic (exact) mass is 661 g/mol. The van der Waals surface area contributed by atoms with Gasteiger partial charge in [-0.2, -0.15) is 0 Å². The Morgan fingerprint density at radius 2 is 0.846 bits per heavy atom. The maximum atomic E-state index is 2.40. The van der Waals surface area contributed by atoms with E-state index in [4.69, 9.17) is 0 Å². The third-order valence-corrected chi connectivity index (χ3v) is 10.7. The quantitative estimate of drug-likeness (QED) is 0.171. The Morgan fingerprint density at radius 3 is 1.63 bits per heavy atom. The number of benzene rings is 9. The first-order chi connectivity index (χ1) is 25.8. The molecular weight excluding hydrogens is 627 g/mol. The van der Waals surface area contributed by atoms with Crippen LogP contribution in [-0.4, -0.2) is 0 Å². The molecule has 1 aliphatic rings. The maximum Gasteiger partial charge on any atom is 0.0464 e. The summed E-state index contributed by atoms with van der Waals surface area (Å²) in [5.41, 5.74) is 16.3. The fourth-order valence-corrected chi connectivity index (χ4v) is 8.20. The summed E-state index contributed by atoms with van der Waals surface area (Å²) >= 11 is 0.